The van der Waals surface area contributed by atoms with Crippen molar-refractivity contribution < 1.29 is 31.8 Å². The van der Waals surface area contributed by atoms with Crippen molar-refractivity contribution in [2.24, 2.45) is 11.5 Å². The third-order valence-corrected chi connectivity index (χ3v) is 0.505. The molecule has 0 aromatic rings. The first-order valence-electron chi connectivity index (χ1n) is 2.84. The van der Waals surface area contributed by atoms with E-state index in [0.717, 1.165) is 0 Å². The Kier molecular flexibility index (Phi) is 7.65. The predicted molar refractivity (Wildman–Crippen MR) is 33.1 cm³/mol. The fourth-order valence-corrected chi connectivity index (χ4v) is 0.296. The molecule has 0 heterocycles. The van der Waals surface area contributed by atoms with E-state index in [4.69, 9.17) is 11.5 Å². The molecule has 0 bridgehead atoms. The monoisotopic (exact) mass is 213 g/mol. The predicted octanol–water partition coefficient (Wildman–Crippen LogP) is -0.765. The van der Waals surface area contributed by atoms with Gasteiger partial charge in [0.2, 0.25) is 12.5 Å². The third kappa shape index (κ3) is 9.64. The molecule has 0 saturated heterocycles. The van der Waals surface area contributed by atoms with Crippen LogP contribution in [0.4, 0.5) is 0 Å². The summed E-state index contributed by atoms with van der Waals surface area (Å²) in [5.41, 5.74) is 10.2. The number of nitrogens with zero attached hydrogens (tertiary/aromatic N) is 1. The summed E-state index contributed by atoms with van der Waals surface area (Å²) in [6.07, 6.45) is -1.40. The summed E-state index contributed by atoms with van der Waals surface area (Å²) in [5.74, 6) is 0. The van der Waals surface area contributed by atoms with Crippen molar-refractivity contribution in [3.63, 3.8) is 0 Å². The van der Waals surface area contributed by atoms with Crippen molar-refractivity contribution in [1.82, 2.24) is 0 Å². The van der Waals surface area contributed by atoms with Gasteiger partial charge >= 0.3 is 5.09 Å². The molecule has 0 aromatic carbocycles. The molecule has 0 aliphatic heterocycles. The molecule has 0 aromatic heterocycles. The van der Waals surface area contributed by atoms with Gasteiger partial charge in [0.05, 0.1) is 0 Å². The molecule has 11 heavy (non-hydrogen) atoms. The van der Waals surface area contributed by atoms with Gasteiger partial charge in [-0.2, -0.15) is 9.68 Å². The molecule has 2 atom stereocenters. The molecule has 6 nitrogen and oxygen atoms in total. The Balaban J connectivity index is 0. The van der Waals surface area contributed by atoms with E-state index in [-0.39, 0.29) is 22.2 Å². The summed E-state index contributed by atoms with van der Waals surface area (Å²) in [6.45, 7) is 2.99. The standard InChI is InChI=1S/C4H12N3O3.Cu/c1-3(5)9-7(8)10-4(2)6;/h3-4H,5-6H2,1-2H3;/q+1;. The number of hydrogen-bond donors (Lipinski definition) is 2. The van der Waals surface area contributed by atoms with Crippen LogP contribution in [-0.4, -0.2) is 17.5 Å². The Hall–Kier alpha value is -0.361. The van der Waals surface area contributed by atoms with Crippen LogP contribution in [0.2, 0.25) is 0 Å². The molecule has 0 amide bonds. The van der Waals surface area contributed by atoms with E-state index in [9.17, 15) is 4.91 Å². The first-order valence-corrected chi connectivity index (χ1v) is 2.84. The fraction of sp³-hybridized carbons (Fsp3) is 1.00. The number of nitrogens with two attached hydrogens (primary N) is 2. The van der Waals surface area contributed by atoms with Crippen LogP contribution in [-0.2, 0) is 26.7 Å². The zero-order valence-corrected chi connectivity index (χ0v) is 7.22. The topological polar surface area (TPSA) is 90.6 Å². The van der Waals surface area contributed by atoms with E-state index in [0.29, 0.717) is 0 Å². The maximum Gasteiger partial charge on any atom is 0.480 e. The van der Waals surface area contributed by atoms with Crippen LogP contribution in [0.5, 0.6) is 0 Å². The van der Waals surface area contributed by atoms with Gasteiger partial charge < -0.3 is 0 Å². The largest absolute Gasteiger partial charge is 0.480 e. The molecule has 71 valence electrons. The molecular formula is C4H12CuN3O3+. The molecule has 0 aliphatic carbocycles. The third-order valence-electron chi connectivity index (χ3n) is 0.505. The van der Waals surface area contributed by atoms with Gasteiger partial charge in [-0.05, 0) is 13.8 Å². The van der Waals surface area contributed by atoms with Crippen molar-refractivity contribution in [2.75, 3.05) is 0 Å². The quantitative estimate of drug-likeness (QED) is 0.364. The summed E-state index contributed by atoms with van der Waals surface area (Å²) in [4.78, 5) is 19.0. The molecule has 0 aliphatic rings. The average molecular weight is 214 g/mol. The second-order valence-corrected chi connectivity index (χ2v) is 1.84. The maximum atomic E-state index is 10.4. The minimum atomic E-state index is -0.698. The molecule has 4 N–H and O–H groups in total. The fourth-order valence-electron chi connectivity index (χ4n) is 0.296. The second kappa shape index (κ2) is 6.36. The van der Waals surface area contributed by atoms with Gasteiger partial charge in [-0.15, -0.1) is 0 Å². The Bertz CT molecular complexity index is 107. The molecule has 7 heteroatoms. The van der Waals surface area contributed by atoms with Crippen LogP contribution in [0.1, 0.15) is 13.8 Å². The van der Waals surface area contributed by atoms with Gasteiger partial charge in [-0.1, -0.05) is 0 Å². The van der Waals surface area contributed by atoms with Crippen LogP contribution in [0, 0.1) is 4.91 Å². The van der Waals surface area contributed by atoms with Crippen molar-refractivity contribution in [3.05, 3.63) is 4.91 Å². The Morgan fingerprint density at radius 1 is 1.18 bits per heavy atom. The Morgan fingerprint density at radius 2 is 1.45 bits per heavy atom. The van der Waals surface area contributed by atoms with Gasteiger partial charge in [-0.3, -0.25) is 11.5 Å². The van der Waals surface area contributed by atoms with E-state index in [1.165, 1.54) is 13.8 Å². The van der Waals surface area contributed by atoms with Gasteiger partial charge in [0.1, 0.15) is 4.91 Å². The van der Waals surface area contributed by atoms with Crippen LogP contribution in [0.15, 0.2) is 0 Å². The molecule has 0 spiro atoms. The summed E-state index contributed by atoms with van der Waals surface area (Å²) in [6, 6.07) is 0. The maximum absolute atomic E-state index is 10.4. The molecule has 0 fully saturated rings. The summed E-state index contributed by atoms with van der Waals surface area (Å²) < 4.78 is 0. The van der Waals surface area contributed by atoms with E-state index in [1.54, 1.807) is 0 Å². The van der Waals surface area contributed by atoms with Crippen LogP contribution >= 0.6 is 0 Å². The van der Waals surface area contributed by atoms with Gasteiger partial charge in [0.15, 0.2) is 0 Å². The number of hydrogen-bond acceptors (Lipinski definition) is 5. The molecule has 0 saturated carbocycles. The summed E-state index contributed by atoms with van der Waals surface area (Å²) >= 11 is 0. The summed E-state index contributed by atoms with van der Waals surface area (Å²) in [5, 5.41) is -0.102. The Morgan fingerprint density at radius 3 is 1.64 bits per heavy atom. The normalized spacial score (nSPS) is 14.2. The van der Waals surface area contributed by atoms with E-state index >= 15 is 0 Å². The van der Waals surface area contributed by atoms with Gasteiger partial charge in [0.25, 0.3) is 0 Å². The van der Waals surface area contributed by atoms with Crippen LogP contribution in [0.3, 0.4) is 0 Å². The van der Waals surface area contributed by atoms with E-state index in [1.807, 2.05) is 0 Å². The summed E-state index contributed by atoms with van der Waals surface area (Å²) in [7, 11) is 0. The zero-order chi connectivity index (χ0) is 8.15. The molecular weight excluding hydrogens is 202 g/mol. The van der Waals surface area contributed by atoms with Crippen molar-refractivity contribution in [2.45, 2.75) is 26.3 Å². The minimum absolute atomic E-state index is 0. The number of rotatable bonds is 4. The first-order chi connectivity index (χ1) is 4.52. The molecule has 0 rings (SSSR count). The Labute approximate surface area is 75.1 Å². The van der Waals surface area contributed by atoms with Crippen LogP contribution in [0.25, 0.3) is 0 Å². The van der Waals surface area contributed by atoms with E-state index < -0.39 is 12.5 Å². The zero-order valence-electron chi connectivity index (χ0n) is 6.28. The van der Waals surface area contributed by atoms with Gasteiger partial charge in [-0.25, -0.2) is 0 Å². The van der Waals surface area contributed by atoms with Crippen molar-refractivity contribution in [3.8, 4) is 0 Å². The minimum Gasteiger partial charge on any atom is -0.290 e. The van der Waals surface area contributed by atoms with E-state index in [2.05, 4.69) is 9.68 Å². The molecule has 2 unspecified atom stereocenters. The molecule has 1 radical (unpaired) electrons. The van der Waals surface area contributed by atoms with Crippen molar-refractivity contribution in [1.29, 1.82) is 0 Å². The van der Waals surface area contributed by atoms with Gasteiger partial charge in [0, 0.05) is 17.1 Å². The first kappa shape index (κ1) is 13.2. The smallest absolute Gasteiger partial charge is 0.290 e. The van der Waals surface area contributed by atoms with Crippen LogP contribution < -0.4 is 11.5 Å². The average Bonchev–Trinajstić information content (AvgIpc) is 1.58. The second-order valence-electron chi connectivity index (χ2n) is 1.84. The van der Waals surface area contributed by atoms with Crippen molar-refractivity contribution >= 4 is 0 Å². The SMILES string of the molecule is CC(N)O[N+](=O)OC(C)N.[Cu].